The number of nitriles is 1. The van der Waals surface area contributed by atoms with Crippen LogP contribution in [0, 0.1) is 28.4 Å². The van der Waals surface area contributed by atoms with E-state index in [0.717, 1.165) is 11.3 Å². The first-order valence-corrected chi connectivity index (χ1v) is 12.4. The molecule has 0 aliphatic carbocycles. The fourth-order valence-corrected chi connectivity index (χ4v) is 5.07. The summed E-state index contributed by atoms with van der Waals surface area (Å²) in [5.41, 5.74) is 2.72. The second kappa shape index (κ2) is 11.8. The van der Waals surface area contributed by atoms with Gasteiger partial charge in [-0.25, -0.2) is 0 Å². The van der Waals surface area contributed by atoms with E-state index in [0.29, 0.717) is 38.6 Å². The Morgan fingerprint density at radius 1 is 1.16 bits per heavy atom. The number of ether oxygens (including phenoxy) is 2. The predicted molar refractivity (Wildman–Crippen MR) is 140 cm³/mol. The van der Waals surface area contributed by atoms with Gasteiger partial charge in [-0.3, -0.25) is 14.7 Å². The Kier molecular flexibility index (Phi) is 8.28. The summed E-state index contributed by atoms with van der Waals surface area (Å²) in [7, 11) is 1.59. The topological polar surface area (TPSA) is 116 Å². The van der Waals surface area contributed by atoms with Gasteiger partial charge in [0.15, 0.2) is 5.16 Å². The van der Waals surface area contributed by atoms with Gasteiger partial charge in [-0.2, -0.15) is 5.26 Å². The molecular formula is C26H22ClN5O4S. The molecule has 1 atom stereocenters. The highest BCUT2D eigenvalue weighted by Crippen LogP contribution is 2.39. The van der Waals surface area contributed by atoms with E-state index in [9.17, 15) is 15.4 Å². The molecule has 0 saturated heterocycles. The van der Waals surface area contributed by atoms with Crippen molar-refractivity contribution in [3.63, 3.8) is 0 Å². The lowest BCUT2D eigenvalue weighted by molar-refractivity contribution is -0.479. The second-order valence-corrected chi connectivity index (χ2v) is 9.51. The van der Waals surface area contributed by atoms with Crippen molar-refractivity contribution in [1.82, 2.24) is 14.8 Å². The van der Waals surface area contributed by atoms with Crippen molar-refractivity contribution in [2.75, 3.05) is 13.7 Å². The number of aromatic nitrogens is 3. The molecule has 0 bridgehead atoms. The maximum atomic E-state index is 11.5. The lowest BCUT2D eigenvalue weighted by Gasteiger charge is -2.16. The number of hydrogen-bond acceptors (Lipinski definition) is 8. The molecule has 0 aliphatic heterocycles. The molecule has 1 aromatic heterocycles. The van der Waals surface area contributed by atoms with Gasteiger partial charge in [0, 0.05) is 16.2 Å². The van der Waals surface area contributed by atoms with Crippen LogP contribution in [0.4, 0.5) is 0 Å². The van der Waals surface area contributed by atoms with Crippen LogP contribution in [0.2, 0.25) is 5.02 Å². The van der Waals surface area contributed by atoms with Crippen LogP contribution in [-0.4, -0.2) is 33.3 Å². The third kappa shape index (κ3) is 6.20. The average Bonchev–Trinajstić information content (AvgIpc) is 3.27. The largest absolute Gasteiger partial charge is 0.497 e. The molecule has 0 unspecified atom stereocenters. The van der Waals surface area contributed by atoms with Gasteiger partial charge in [0.25, 0.3) is 0 Å². The number of hydrogen-bond donors (Lipinski definition) is 0. The van der Waals surface area contributed by atoms with Crippen LogP contribution >= 0.6 is 23.4 Å². The van der Waals surface area contributed by atoms with Crippen LogP contribution < -0.4 is 9.47 Å². The number of benzene rings is 3. The average molecular weight is 536 g/mol. The zero-order valence-corrected chi connectivity index (χ0v) is 21.6. The highest BCUT2D eigenvalue weighted by Gasteiger charge is 2.24. The van der Waals surface area contributed by atoms with E-state index >= 15 is 0 Å². The number of rotatable bonds is 10. The van der Waals surface area contributed by atoms with Crippen molar-refractivity contribution in [1.29, 1.82) is 5.26 Å². The summed E-state index contributed by atoms with van der Waals surface area (Å²) in [6.07, 6.45) is 0. The Balaban J connectivity index is 1.57. The van der Waals surface area contributed by atoms with Crippen LogP contribution in [0.1, 0.15) is 27.8 Å². The molecule has 0 N–H and O–H groups in total. The highest BCUT2D eigenvalue weighted by atomic mass is 35.5. The lowest BCUT2D eigenvalue weighted by Crippen LogP contribution is -2.11. The number of aryl methyl sites for hydroxylation is 1. The zero-order chi connectivity index (χ0) is 26.4. The first kappa shape index (κ1) is 26.0. The summed E-state index contributed by atoms with van der Waals surface area (Å²) in [5.74, 6) is 1.77. The number of halogens is 1. The smallest absolute Gasteiger partial charge is 0.220 e. The molecular weight excluding hydrogens is 514 g/mol. The Morgan fingerprint density at radius 2 is 1.92 bits per heavy atom. The first-order chi connectivity index (χ1) is 17.9. The van der Waals surface area contributed by atoms with Gasteiger partial charge in [-0.05, 0) is 55.0 Å². The van der Waals surface area contributed by atoms with Gasteiger partial charge in [-0.15, -0.1) is 10.2 Å². The van der Waals surface area contributed by atoms with Crippen LogP contribution in [-0.2, 0) is 6.61 Å². The summed E-state index contributed by atoms with van der Waals surface area (Å²) in [5, 5.41) is 29.5. The summed E-state index contributed by atoms with van der Waals surface area (Å²) in [6, 6.07) is 21.8. The van der Waals surface area contributed by atoms with Crippen molar-refractivity contribution >= 4 is 23.4 Å². The van der Waals surface area contributed by atoms with Crippen LogP contribution in [0.5, 0.6) is 11.5 Å². The van der Waals surface area contributed by atoms with E-state index in [1.54, 1.807) is 37.4 Å². The van der Waals surface area contributed by atoms with E-state index in [2.05, 4.69) is 16.3 Å². The number of thioether (sulfide) groups is 1. The van der Waals surface area contributed by atoms with E-state index in [-0.39, 0.29) is 18.1 Å². The Morgan fingerprint density at radius 3 is 2.59 bits per heavy atom. The predicted octanol–water partition coefficient (Wildman–Crippen LogP) is 5.80. The maximum absolute atomic E-state index is 11.5. The highest BCUT2D eigenvalue weighted by molar-refractivity contribution is 7.99. The molecule has 0 saturated carbocycles. The molecule has 11 heteroatoms. The van der Waals surface area contributed by atoms with Crippen LogP contribution in [0.25, 0.3) is 5.69 Å². The van der Waals surface area contributed by atoms with E-state index in [1.165, 1.54) is 11.8 Å². The molecule has 0 fully saturated rings. The third-order valence-corrected chi connectivity index (χ3v) is 7.01. The monoisotopic (exact) mass is 535 g/mol. The van der Waals surface area contributed by atoms with Gasteiger partial charge in [0.2, 0.25) is 6.54 Å². The molecule has 3 aromatic carbocycles. The summed E-state index contributed by atoms with van der Waals surface area (Å²) in [4.78, 5) is 11.2. The minimum absolute atomic E-state index is 0.167. The third-order valence-electron chi connectivity index (χ3n) is 5.54. The quantitative estimate of drug-likeness (QED) is 0.142. The Labute approximate surface area is 222 Å². The summed E-state index contributed by atoms with van der Waals surface area (Å²) in [6.45, 7) is 1.64. The van der Waals surface area contributed by atoms with E-state index < -0.39 is 5.25 Å². The van der Waals surface area contributed by atoms with Crippen molar-refractivity contribution in [3.8, 4) is 23.3 Å². The van der Waals surface area contributed by atoms with E-state index in [1.807, 2.05) is 47.9 Å². The molecule has 1 heterocycles. The first-order valence-electron chi connectivity index (χ1n) is 11.1. The molecule has 4 rings (SSSR count). The summed E-state index contributed by atoms with van der Waals surface area (Å²) >= 11 is 7.73. The molecule has 0 amide bonds. The Bertz CT molecular complexity index is 1450. The van der Waals surface area contributed by atoms with Gasteiger partial charge in [0.1, 0.15) is 29.2 Å². The second-order valence-electron chi connectivity index (χ2n) is 7.93. The molecule has 37 heavy (non-hydrogen) atoms. The SMILES string of the molecule is COc1ccc(-n2c(C)nnc2S[C@@H](C[N+](=O)[O-])c2ccc(OCc3ccccc3C#N)c(Cl)c2)cc1. The van der Waals surface area contributed by atoms with Crippen molar-refractivity contribution in [2.45, 2.75) is 23.9 Å². The fourth-order valence-electron chi connectivity index (χ4n) is 3.67. The molecule has 4 aromatic rings. The molecule has 188 valence electrons. The molecule has 9 nitrogen and oxygen atoms in total. The fraction of sp³-hybridized carbons (Fsp3) is 0.192. The van der Waals surface area contributed by atoms with Crippen molar-refractivity contribution < 1.29 is 14.4 Å². The standard InChI is InChI=1S/C26H22ClN5O4S/c1-17-29-30-26(32(17)21-8-10-22(35-2)11-9-21)37-25(15-31(33)34)18-7-12-24(23(27)13-18)36-16-20-6-4-3-5-19(20)14-28/h3-13,25H,15-16H2,1-2H3/t25-/m0/s1. The van der Waals surface area contributed by atoms with Crippen LogP contribution in [0.15, 0.2) is 71.9 Å². The van der Waals surface area contributed by atoms with Crippen LogP contribution in [0.3, 0.4) is 0 Å². The Hall–Kier alpha value is -4.07. The molecule has 0 spiro atoms. The zero-order valence-electron chi connectivity index (χ0n) is 20.0. The normalized spacial score (nSPS) is 11.5. The van der Waals surface area contributed by atoms with Gasteiger partial charge in [0.05, 0.1) is 23.8 Å². The molecule has 0 radical (unpaired) electrons. The van der Waals surface area contributed by atoms with Gasteiger partial charge in [-0.1, -0.05) is 47.6 Å². The number of nitro groups is 1. The lowest BCUT2D eigenvalue weighted by atomic mass is 10.1. The minimum atomic E-state index is -0.582. The van der Waals surface area contributed by atoms with Gasteiger partial charge >= 0.3 is 0 Å². The summed E-state index contributed by atoms with van der Waals surface area (Å²) < 4.78 is 12.9. The molecule has 0 aliphatic rings. The van der Waals surface area contributed by atoms with Crippen molar-refractivity contribution in [2.24, 2.45) is 0 Å². The van der Waals surface area contributed by atoms with E-state index in [4.69, 9.17) is 21.1 Å². The van der Waals surface area contributed by atoms with Gasteiger partial charge < -0.3 is 9.47 Å². The minimum Gasteiger partial charge on any atom is -0.497 e. The number of methoxy groups -OCH3 is 1. The maximum Gasteiger partial charge on any atom is 0.220 e. The number of nitrogens with zero attached hydrogens (tertiary/aromatic N) is 5. The van der Waals surface area contributed by atoms with Crippen molar-refractivity contribution in [3.05, 3.63) is 104 Å².